The van der Waals surface area contributed by atoms with Gasteiger partial charge in [-0.3, -0.25) is 9.32 Å². The minimum atomic E-state index is -4.19. The molecule has 2 aromatic carbocycles. The Hall–Kier alpha value is -1.76. The van der Waals surface area contributed by atoms with Gasteiger partial charge >= 0.3 is 15.9 Å². The summed E-state index contributed by atoms with van der Waals surface area (Å²) in [6, 6.07) is 18.7. The van der Waals surface area contributed by atoms with E-state index in [2.05, 4.69) is 0 Å². The van der Waals surface area contributed by atoms with Gasteiger partial charge in [0.1, 0.15) is 17.0 Å². The third kappa shape index (κ3) is 10.4. The summed E-state index contributed by atoms with van der Waals surface area (Å²) >= 11 is 0. The van der Waals surface area contributed by atoms with Crippen molar-refractivity contribution in [3.8, 4) is 0 Å². The average molecular weight is 524 g/mol. The van der Waals surface area contributed by atoms with E-state index in [0.29, 0.717) is 44.9 Å². The smallest absolute Gasteiger partial charge is 0.313 e. The van der Waals surface area contributed by atoms with Crippen LogP contribution >= 0.6 is 15.9 Å². The van der Waals surface area contributed by atoms with E-state index in [9.17, 15) is 18.8 Å². The van der Waals surface area contributed by atoms with E-state index in [1.54, 1.807) is 6.92 Å². The molecule has 4 unspecified atom stereocenters. The van der Waals surface area contributed by atoms with Gasteiger partial charge in [-0.25, -0.2) is 10.1 Å². The number of unbranched alkanes of at least 4 members (excludes halogenated alkanes) is 2. The van der Waals surface area contributed by atoms with Crippen LogP contribution in [0.5, 0.6) is 0 Å². The molecule has 8 nitrogen and oxygen atoms in total. The van der Waals surface area contributed by atoms with Gasteiger partial charge in [-0.15, -0.1) is 4.52 Å². The van der Waals surface area contributed by atoms with Crippen LogP contribution in [-0.4, -0.2) is 10.7 Å². The quantitative estimate of drug-likeness (QED) is 0.174. The second-order valence-corrected chi connectivity index (χ2v) is 11.2. The summed E-state index contributed by atoms with van der Waals surface area (Å²) in [5, 5.41) is 0. The van der Waals surface area contributed by atoms with E-state index >= 15 is 0 Å². The van der Waals surface area contributed by atoms with E-state index in [-0.39, 0.29) is 5.78 Å². The summed E-state index contributed by atoms with van der Waals surface area (Å²) < 4.78 is 34.2. The Kier molecular flexibility index (Phi) is 11.4. The van der Waals surface area contributed by atoms with Gasteiger partial charge in [-0.2, -0.15) is 0 Å². The molecule has 2 rings (SSSR count). The third-order valence-corrected chi connectivity index (χ3v) is 7.36. The molecule has 0 saturated heterocycles. The Morgan fingerprint density at radius 1 is 0.886 bits per heavy atom. The SMILES string of the molecule is CC(CCCCC(=O)CCCCC(C)(OP(N)(=O)O)c1ccccc1)(O[P+](N)=O)c1ccccc1. The number of Topliss-reactive ketones (excluding diaryl/α,β-unsaturated/α-hetero) is 1. The molecule has 35 heavy (non-hydrogen) atoms. The van der Waals surface area contributed by atoms with E-state index in [1.165, 1.54) is 0 Å². The normalized spacial score (nSPS) is 17.1. The highest BCUT2D eigenvalue weighted by molar-refractivity contribution is 7.50. The second-order valence-electron chi connectivity index (χ2n) is 9.18. The van der Waals surface area contributed by atoms with E-state index in [4.69, 9.17) is 20.1 Å². The van der Waals surface area contributed by atoms with Gasteiger partial charge in [0.15, 0.2) is 0 Å². The molecular weight excluding hydrogens is 486 g/mol. The molecular formula is C25H37N2O6P2+. The first kappa shape index (κ1) is 29.5. The molecule has 0 aliphatic carbocycles. The summed E-state index contributed by atoms with van der Waals surface area (Å²) in [6.07, 6.45) is 4.61. The van der Waals surface area contributed by atoms with Crippen molar-refractivity contribution < 1.29 is 27.9 Å². The van der Waals surface area contributed by atoms with Gasteiger partial charge in [-0.1, -0.05) is 66.2 Å². The van der Waals surface area contributed by atoms with Crippen LogP contribution in [0.1, 0.15) is 76.3 Å². The molecule has 192 valence electrons. The minimum absolute atomic E-state index is 0.159. The van der Waals surface area contributed by atoms with Crippen LogP contribution in [0.4, 0.5) is 0 Å². The first-order chi connectivity index (χ1) is 16.4. The fraction of sp³-hybridized carbons (Fsp3) is 0.480. The maximum absolute atomic E-state index is 12.4. The highest BCUT2D eigenvalue weighted by Gasteiger charge is 2.36. The Bertz CT molecular complexity index is 1000. The Morgan fingerprint density at radius 3 is 1.74 bits per heavy atom. The molecule has 0 aliphatic rings. The van der Waals surface area contributed by atoms with Gasteiger partial charge < -0.3 is 4.89 Å². The molecule has 4 atom stereocenters. The van der Waals surface area contributed by atoms with E-state index < -0.39 is 27.1 Å². The molecule has 0 aromatic heterocycles. The monoisotopic (exact) mass is 523 g/mol. The van der Waals surface area contributed by atoms with Crippen molar-refractivity contribution in [3.05, 3.63) is 71.8 Å². The third-order valence-electron chi connectivity index (χ3n) is 6.11. The van der Waals surface area contributed by atoms with Crippen LogP contribution < -0.4 is 11.0 Å². The maximum atomic E-state index is 12.4. The topological polar surface area (TPSA) is 142 Å². The van der Waals surface area contributed by atoms with E-state index in [1.807, 2.05) is 67.6 Å². The molecule has 0 saturated carbocycles. The number of benzene rings is 2. The lowest BCUT2D eigenvalue weighted by Crippen LogP contribution is -2.26. The Balaban J connectivity index is 1.79. The largest absolute Gasteiger partial charge is 0.611 e. The fourth-order valence-electron chi connectivity index (χ4n) is 4.25. The first-order valence-corrected chi connectivity index (χ1v) is 14.7. The Labute approximate surface area is 208 Å². The predicted molar refractivity (Wildman–Crippen MR) is 138 cm³/mol. The first-order valence-electron chi connectivity index (χ1n) is 11.8. The van der Waals surface area contributed by atoms with Crippen molar-refractivity contribution in [2.24, 2.45) is 11.0 Å². The van der Waals surface area contributed by atoms with Crippen molar-refractivity contribution in [1.82, 2.24) is 0 Å². The van der Waals surface area contributed by atoms with Crippen molar-refractivity contribution >= 4 is 21.7 Å². The molecule has 10 heteroatoms. The lowest BCUT2D eigenvalue weighted by Gasteiger charge is -2.31. The zero-order valence-corrected chi connectivity index (χ0v) is 22.3. The van der Waals surface area contributed by atoms with Gasteiger partial charge in [0.25, 0.3) is 0 Å². The molecule has 0 bridgehead atoms. The van der Waals surface area contributed by atoms with Crippen LogP contribution in [0.3, 0.4) is 0 Å². The van der Waals surface area contributed by atoms with E-state index in [0.717, 1.165) is 17.5 Å². The van der Waals surface area contributed by atoms with Crippen LogP contribution in [0.25, 0.3) is 0 Å². The van der Waals surface area contributed by atoms with Crippen molar-refractivity contribution in [2.75, 3.05) is 0 Å². The summed E-state index contributed by atoms with van der Waals surface area (Å²) in [5.41, 5.74) is 10.6. The summed E-state index contributed by atoms with van der Waals surface area (Å²) in [5.74, 6) is 0.159. The number of ketones is 1. The lowest BCUT2D eigenvalue weighted by molar-refractivity contribution is -0.119. The molecule has 0 radical (unpaired) electrons. The number of carbonyl (C=O) groups is 1. The highest BCUT2D eigenvalue weighted by Crippen LogP contribution is 2.45. The summed E-state index contributed by atoms with van der Waals surface area (Å²) in [6.45, 7) is 3.60. The predicted octanol–water partition coefficient (Wildman–Crippen LogP) is 6.22. The average Bonchev–Trinajstić information content (AvgIpc) is 2.79. The number of hydrogen-bond acceptors (Lipinski definition) is 5. The molecule has 5 N–H and O–H groups in total. The van der Waals surface area contributed by atoms with Crippen molar-refractivity contribution in [1.29, 1.82) is 0 Å². The number of nitrogens with two attached hydrogens (primary N) is 2. The second kappa shape index (κ2) is 13.5. The molecule has 0 fully saturated rings. The lowest BCUT2D eigenvalue weighted by atomic mass is 9.89. The molecule has 0 spiro atoms. The zero-order chi connectivity index (χ0) is 26.0. The van der Waals surface area contributed by atoms with Crippen LogP contribution in [0.15, 0.2) is 60.7 Å². The molecule has 2 aromatic rings. The number of rotatable bonds is 16. The van der Waals surface area contributed by atoms with Crippen LogP contribution in [0.2, 0.25) is 0 Å². The molecule has 0 aliphatic heterocycles. The number of carbonyl (C=O) groups excluding carboxylic acids is 1. The standard InChI is InChI=1S/C25H36N2O6P2/c1-24(32-34(26)29,21-13-5-3-6-14-21)19-11-9-17-23(28)18-10-12-20-25(2,33-35(27,30)31)22-15-7-4-8-16-22/h3-8,13-16H,9-12,17-20H2,1-2H3,(H4-,26,27,29,30,31)/p+1. The van der Waals surface area contributed by atoms with Gasteiger partial charge in [0.2, 0.25) is 0 Å². The summed E-state index contributed by atoms with van der Waals surface area (Å²) in [7, 11) is -6.45. The highest BCUT2D eigenvalue weighted by atomic mass is 31.2. The van der Waals surface area contributed by atoms with Crippen molar-refractivity contribution in [3.63, 3.8) is 0 Å². The van der Waals surface area contributed by atoms with Crippen LogP contribution in [0, 0.1) is 0 Å². The minimum Gasteiger partial charge on any atom is -0.313 e. The molecule has 0 amide bonds. The van der Waals surface area contributed by atoms with Crippen molar-refractivity contribution in [2.45, 2.75) is 76.4 Å². The maximum Gasteiger partial charge on any atom is 0.611 e. The summed E-state index contributed by atoms with van der Waals surface area (Å²) in [4.78, 5) is 22.0. The van der Waals surface area contributed by atoms with Gasteiger partial charge in [-0.05, 0) is 68.1 Å². The fourth-order valence-corrected chi connectivity index (χ4v) is 5.62. The van der Waals surface area contributed by atoms with Gasteiger partial charge in [0.05, 0.1) is 0 Å². The molecule has 0 heterocycles. The zero-order valence-electron chi connectivity index (χ0n) is 20.5. The Morgan fingerprint density at radius 2 is 1.31 bits per heavy atom. The van der Waals surface area contributed by atoms with Gasteiger partial charge in [0, 0.05) is 12.8 Å². The number of hydrogen-bond donors (Lipinski definition) is 3. The van der Waals surface area contributed by atoms with Crippen LogP contribution in [-0.2, 0) is 34.2 Å².